The molecule has 0 radical (unpaired) electrons. The van der Waals surface area contributed by atoms with Crippen molar-refractivity contribution in [1.29, 1.82) is 0 Å². The SMILES string of the molecule is CC1CN(Cc2cccc(O)c2)CCC1N. The Hall–Kier alpha value is -1.06. The number of phenolic OH excluding ortho intramolecular Hbond substituents is 1. The molecule has 0 amide bonds. The summed E-state index contributed by atoms with van der Waals surface area (Å²) in [6.07, 6.45) is 1.07. The van der Waals surface area contributed by atoms with Crippen LogP contribution in [0.3, 0.4) is 0 Å². The third-order valence-corrected chi connectivity index (χ3v) is 3.37. The molecular weight excluding hydrogens is 200 g/mol. The van der Waals surface area contributed by atoms with Crippen LogP contribution < -0.4 is 5.73 Å². The van der Waals surface area contributed by atoms with Crippen LogP contribution in [0.4, 0.5) is 0 Å². The lowest BCUT2D eigenvalue weighted by molar-refractivity contribution is 0.157. The van der Waals surface area contributed by atoms with Gasteiger partial charge in [-0.1, -0.05) is 19.1 Å². The molecule has 2 rings (SSSR count). The Kier molecular flexibility index (Phi) is 3.46. The minimum atomic E-state index is 0.347. The Morgan fingerprint density at radius 1 is 1.50 bits per heavy atom. The smallest absolute Gasteiger partial charge is 0.115 e. The number of benzene rings is 1. The van der Waals surface area contributed by atoms with Gasteiger partial charge in [-0.25, -0.2) is 0 Å². The molecule has 0 saturated carbocycles. The molecular formula is C13H20N2O. The number of hydrogen-bond acceptors (Lipinski definition) is 3. The zero-order valence-corrected chi connectivity index (χ0v) is 9.76. The highest BCUT2D eigenvalue weighted by Crippen LogP contribution is 2.18. The first-order valence-corrected chi connectivity index (χ1v) is 5.91. The summed E-state index contributed by atoms with van der Waals surface area (Å²) in [5.74, 6) is 0.908. The van der Waals surface area contributed by atoms with Crippen molar-refractivity contribution < 1.29 is 5.11 Å². The van der Waals surface area contributed by atoms with Crippen molar-refractivity contribution in [2.45, 2.75) is 25.9 Å². The summed E-state index contributed by atoms with van der Waals surface area (Å²) in [6, 6.07) is 7.83. The normalized spacial score (nSPS) is 26.9. The highest BCUT2D eigenvalue weighted by Gasteiger charge is 2.22. The van der Waals surface area contributed by atoms with E-state index < -0.39 is 0 Å². The quantitative estimate of drug-likeness (QED) is 0.795. The molecule has 1 saturated heterocycles. The van der Waals surface area contributed by atoms with Crippen LogP contribution in [0.5, 0.6) is 5.75 Å². The van der Waals surface area contributed by atoms with E-state index in [0.717, 1.165) is 26.1 Å². The fourth-order valence-electron chi connectivity index (χ4n) is 2.31. The molecule has 3 nitrogen and oxygen atoms in total. The molecule has 0 spiro atoms. The second-order valence-electron chi connectivity index (χ2n) is 4.83. The molecule has 2 atom stereocenters. The van der Waals surface area contributed by atoms with Gasteiger partial charge >= 0.3 is 0 Å². The third kappa shape index (κ3) is 2.74. The average Bonchev–Trinajstić information content (AvgIpc) is 2.24. The van der Waals surface area contributed by atoms with Crippen LogP contribution in [-0.2, 0) is 6.54 Å². The number of nitrogens with two attached hydrogens (primary N) is 1. The number of rotatable bonds is 2. The second-order valence-corrected chi connectivity index (χ2v) is 4.83. The first-order valence-electron chi connectivity index (χ1n) is 5.91. The first kappa shape index (κ1) is 11.4. The fraction of sp³-hybridized carbons (Fsp3) is 0.538. The highest BCUT2D eigenvalue weighted by molar-refractivity contribution is 5.27. The van der Waals surface area contributed by atoms with Crippen LogP contribution in [0.1, 0.15) is 18.9 Å². The zero-order chi connectivity index (χ0) is 11.5. The van der Waals surface area contributed by atoms with Gasteiger partial charge in [0.1, 0.15) is 5.75 Å². The van der Waals surface area contributed by atoms with Gasteiger partial charge in [-0.15, -0.1) is 0 Å². The average molecular weight is 220 g/mol. The lowest BCUT2D eigenvalue weighted by Crippen LogP contribution is -2.45. The molecule has 0 aromatic heterocycles. The minimum absolute atomic E-state index is 0.347. The molecule has 3 N–H and O–H groups in total. The predicted molar refractivity (Wildman–Crippen MR) is 65.1 cm³/mol. The summed E-state index contributed by atoms with van der Waals surface area (Å²) in [6.45, 7) is 5.22. The van der Waals surface area contributed by atoms with E-state index in [4.69, 9.17) is 5.73 Å². The predicted octanol–water partition coefficient (Wildman–Crippen LogP) is 1.56. The summed E-state index contributed by atoms with van der Waals surface area (Å²) >= 11 is 0. The lowest BCUT2D eigenvalue weighted by atomic mass is 9.94. The van der Waals surface area contributed by atoms with Crippen LogP contribution >= 0.6 is 0 Å². The number of aromatic hydroxyl groups is 1. The lowest BCUT2D eigenvalue weighted by Gasteiger charge is -2.35. The Labute approximate surface area is 96.9 Å². The van der Waals surface area contributed by atoms with E-state index in [2.05, 4.69) is 17.9 Å². The maximum Gasteiger partial charge on any atom is 0.115 e. The summed E-state index contributed by atoms with van der Waals surface area (Å²) in [5.41, 5.74) is 7.16. The van der Waals surface area contributed by atoms with Gasteiger partial charge in [0, 0.05) is 19.1 Å². The molecule has 1 heterocycles. The number of hydrogen-bond donors (Lipinski definition) is 2. The van der Waals surface area contributed by atoms with E-state index in [1.807, 2.05) is 12.1 Å². The van der Waals surface area contributed by atoms with Crippen molar-refractivity contribution in [3.05, 3.63) is 29.8 Å². The molecule has 1 aromatic rings. The van der Waals surface area contributed by atoms with Crippen LogP contribution in [0, 0.1) is 5.92 Å². The van der Waals surface area contributed by atoms with Crippen LogP contribution in [0.2, 0.25) is 0 Å². The molecule has 1 fully saturated rings. The van der Waals surface area contributed by atoms with E-state index in [9.17, 15) is 5.11 Å². The van der Waals surface area contributed by atoms with E-state index in [-0.39, 0.29) is 0 Å². The summed E-state index contributed by atoms with van der Waals surface area (Å²) < 4.78 is 0. The Balaban J connectivity index is 1.95. The van der Waals surface area contributed by atoms with Crippen molar-refractivity contribution in [2.75, 3.05) is 13.1 Å². The number of piperidine rings is 1. The fourth-order valence-corrected chi connectivity index (χ4v) is 2.31. The summed E-state index contributed by atoms with van der Waals surface area (Å²) in [7, 11) is 0. The summed E-state index contributed by atoms with van der Waals surface area (Å²) in [4.78, 5) is 2.41. The Morgan fingerprint density at radius 2 is 2.31 bits per heavy atom. The van der Waals surface area contributed by atoms with E-state index in [1.54, 1.807) is 6.07 Å². The number of likely N-dealkylation sites (tertiary alicyclic amines) is 1. The molecule has 0 bridgehead atoms. The molecule has 16 heavy (non-hydrogen) atoms. The molecule has 2 unspecified atom stereocenters. The topological polar surface area (TPSA) is 49.5 Å². The monoisotopic (exact) mass is 220 g/mol. The van der Waals surface area contributed by atoms with Gasteiger partial charge in [0.2, 0.25) is 0 Å². The molecule has 88 valence electrons. The van der Waals surface area contributed by atoms with Gasteiger partial charge in [-0.2, -0.15) is 0 Å². The van der Waals surface area contributed by atoms with Crippen LogP contribution in [0.15, 0.2) is 24.3 Å². The standard InChI is InChI=1S/C13H20N2O/c1-10-8-15(6-5-13(10)14)9-11-3-2-4-12(16)7-11/h2-4,7,10,13,16H,5-6,8-9,14H2,1H3. The van der Waals surface area contributed by atoms with Gasteiger partial charge in [0.05, 0.1) is 0 Å². The van der Waals surface area contributed by atoms with Crippen LogP contribution in [0.25, 0.3) is 0 Å². The van der Waals surface area contributed by atoms with Crippen molar-refractivity contribution in [2.24, 2.45) is 11.7 Å². The molecule has 1 aliphatic rings. The van der Waals surface area contributed by atoms with Gasteiger partial charge in [0.15, 0.2) is 0 Å². The Bertz CT molecular complexity index is 354. The van der Waals surface area contributed by atoms with E-state index >= 15 is 0 Å². The van der Waals surface area contributed by atoms with Crippen molar-refractivity contribution in [1.82, 2.24) is 4.90 Å². The van der Waals surface area contributed by atoms with Crippen LogP contribution in [-0.4, -0.2) is 29.1 Å². The largest absolute Gasteiger partial charge is 0.508 e. The van der Waals surface area contributed by atoms with Crippen molar-refractivity contribution >= 4 is 0 Å². The maximum atomic E-state index is 9.40. The number of nitrogens with zero attached hydrogens (tertiary/aromatic N) is 1. The molecule has 1 aromatic carbocycles. The van der Waals surface area contributed by atoms with Crippen molar-refractivity contribution in [3.8, 4) is 5.75 Å². The molecule has 0 aliphatic carbocycles. The van der Waals surface area contributed by atoms with E-state index in [0.29, 0.717) is 17.7 Å². The van der Waals surface area contributed by atoms with Gasteiger partial charge in [-0.3, -0.25) is 4.90 Å². The molecule has 3 heteroatoms. The second kappa shape index (κ2) is 4.85. The number of phenols is 1. The molecule has 1 aliphatic heterocycles. The zero-order valence-electron chi connectivity index (χ0n) is 9.76. The summed E-state index contributed by atoms with van der Waals surface area (Å²) in [5, 5.41) is 9.40. The van der Waals surface area contributed by atoms with Crippen molar-refractivity contribution in [3.63, 3.8) is 0 Å². The third-order valence-electron chi connectivity index (χ3n) is 3.37. The highest BCUT2D eigenvalue weighted by atomic mass is 16.3. The first-order chi connectivity index (χ1) is 7.65. The van der Waals surface area contributed by atoms with Gasteiger partial charge in [-0.05, 0) is 36.6 Å². The van der Waals surface area contributed by atoms with Gasteiger partial charge in [0.25, 0.3) is 0 Å². The van der Waals surface area contributed by atoms with Gasteiger partial charge < -0.3 is 10.8 Å². The van der Waals surface area contributed by atoms with E-state index in [1.165, 1.54) is 5.56 Å². The Morgan fingerprint density at radius 3 is 3.00 bits per heavy atom. The maximum absolute atomic E-state index is 9.40. The minimum Gasteiger partial charge on any atom is -0.508 e.